The van der Waals surface area contributed by atoms with Gasteiger partial charge in [0.2, 0.25) is 5.91 Å². The third kappa shape index (κ3) is 3.86. The van der Waals surface area contributed by atoms with Gasteiger partial charge in [-0.1, -0.05) is 33.6 Å². The summed E-state index contributed by atoms with van der Waals surface area (Å²) in [7, 11) is 0. The lowest BCUT2D eigenvalue weighted by atomic mass is 10.2. The lowest BCUT2D eigenvalue weighted by molar-refractivity contribution is -0.111. The molecular formula is C17H14BrClFN5O. The highest BCUT2D eigenvalue weighted by molar-refractivity contribution is 9.09. The fourth-order valence-corrected chi connectivity index (χ4v) is 2.78. The number of benzene rings is 1. The third-order valence-electron chi connectivity index (χ3n) is 3.63. The minimum atomic E-state index is -0.495. The Morgan fingerprint density at radius 1 is 1.46 bits per heavy atom. The number of aryl methyl sites for hydroxylation is 1. The van der Waals surface area contributed by atoms with Gasteiger partial charge in [0.25, 0.3) is 0 Å². The van der Waals surface area contributed by atoms with E-state index in [9.17, 15) is 9.18 Å². The quantitative estimate of drug-likeness (QED) is 0.456. The van der Waals surface area contributed by atoms with Crippen molar-refractivity contribution in [3.63, 3.8) is 0 Å². The molecule has 1 aromatic carbocycles. The molecule has 0 spiro atoms. The molecule has 3 rings (SSSR count). The van der Waals surface area contributed by atoms with E-state index in [2.05, 4.69) is 36.6 Å². The van der Waals surface area contributed by atoms with E-state index in [4.69, 9.17) is 11.6 Å². The van der Waals surface area contributed by atoms with Crippen LogP contribution in [0.2, 0.25) is 5.02 Å². The lowest BCUT2D eigenvalue weighted by Crippen LogP contribution is -2.08. The molecule has 0 unspecified atom stereocenters. The number of aromatic nitrogens is 3. The maximum absolute atomic E-state index is 13.3. The summed E-state index contributed by atoms with van der Waals surface area (Å²) in [5.41, 5.74) is 2.69. The van der Waals surface area contributed by atoms with E-state index >= 15 is 0 Å². The van der Waals surface area contributed by atoms with Gasteiger partial charge >= 0.3 is 0 Å². The highest BCUT2D eigenvalue weighted by atomic mass is 79.9. The second kappa shape index (κ2) is 7.84. The van der Waals surface area contributed by atoms with Crippen LogP contribution in [0.25, 0.3) is 5.52 Å². The fraction of sp³-hybridized carbons (Fsp3) is 0.118. The molecule has 2 heterocycles. The predicted octanol–water partition coefficient (Wildman–Crippen LogP) is 4.46. The first-order chi connectivity index (χ1) is 12.5. The van der Waals surface area contributed by atoms with Crippen LogP contribution in [-0.2, 0) is 4.79 Å². The maximum atomic E-state index is 13.3. The zero-order valence-corrected chi connectivity index (χ0v) is 16.0. The molecular weight excluding hydrogens is 425 g/mol. The largest absolute Gasteiger partial charge is 0.338 e. The van der Waals surface area contributed by atoms with Gasteiger partial charge in [-0.3, -0.25) is 4.79 Å². The summed E-state index contributed by atoms with van der Waals surface area (Å²) in [6, 6.07) is 4.31. The number of anilines is 3. The van der Waals surface area contributed by atoms with Gasteiger partial charge in [-0.25, -0.2) is 13.9 Å². The Labute approximate surface area is 162 Å². The number of rotatable bonds is 5. The molecule has 6 nitrogen and oxygen atoms in total. The molecule has 2 N–H and O–H groups in total. The van der Waals surface area contributed by atoms with Crippen LogP contribution in [0.1, 0.15) is 5.56 Å². The van der Waals surface area contributed by atoms with Crippen LogP contribution in [0.15, 0.2) is 42.9 Å². The van der Waals surface area contributed by atoms with Gasteiger partial charge in [0.1, 0.15) is 17.7 Å². The van der Waals surface area contributed by atoms with E-state index in [0.717, 1.165) is 5.56 Å². The lowest BCUT2D eigenvalue weighted by Gasteiger charge is -2.08. The highest BCUT2D eigenvalue weighted by Crippen LogP contribution is 2.29. The van der Waals surface area contributed by atoms with Crippen LogP contribution in [0.3, 0.4) is 0 Å². The summed E-state index contributed by atoms with van der Waals surface area (Å²) < 4.78 is 14.9. The summed E-state index contributed by atoms with van der Waals surface area (Å²) in [5.74, 6) is -0.224. The second-order valence-corrected chi connectivity index (χ2v) is 6.42. The van der Waals surface area contributed by atoms with Gasteiger partial charge in [-0.05, 0) is 25.1 Å². The van der Waals surface area contributed by atoms with E-state index < -0.39 is 5.82 Å². The number of alkyl halides is 1. The molecule has 9 heteroatoms. The molecule has 3 aromatic rings. The van der Waals surface area contributed by atoms with Crippen molar-refractivity contribution in [2.24, 2.45) is 0 Å². The molecule has 26 heavy (non-hydrogen) atoms. The number of hydrogen-bond acceptors (Lipinski definition) is 4. The summed E-state index contributed by atoms with van der Waals surface area (Å²) in [6.07, 6.45) is 6.23. The zero-order valence-electron chi connectivity index (χ0n) is 13.6. The van der Waals surface area contributed by atoms with Crippen LogP contribution in [-0.4, -0.2) is 25.8 Å². The number of halogens is 3. The number of hydrogen-bond donors (Lipinski definition) is 2. The molecule has 0 fully saturated rings. The summed E-state index contributed by atoms with van der Waals surface area (Å²) in [6.45, 7) is 1.85. The highest BCUT2D eigenvalue weighted by Gasteiger charge is 2.14. The normalized spacial score (nSPS) is 11.2. The van der Waals surface area contributed by atoms with Gasteiger partial charge in [0.15, 0.2) is 5.82 Å². The Morgan fingerprint density at radius 3 is 3.00 bits per heavy atom. The minimum Gasteiger partial charge on any atom is -0.338 e. The minimum absolute atomic E-state index is 0.0127. The van der Waals surface area contributed by atoms with Crippen molar-refractivity contribution in [1.29, 1.82) is 0 Å². The van der Waals surface area contributed by atoms with E-state index in [1.807, 2.05) is 6.92 Å². The molecule has 2 aromatic heterocycles. The number of allylic oxidation sites excluding steroid dienone is 1. The number of nitrogens with zero attached hydrogens (tertiary/aromatic N) is 3. The van der Waals surface area contributed by atoms with Crippen molar-refractivity contribution < 1.29 is 9.18 Å². The molecule has 134 valence electrons. The topological polar surface area (TPSA) is 71.3 Å². The Bertz CT molecular complexity index is 1000. The van der Waals surface area contributed by atoms with Crippen molar-refractivity contribution in [3.8, 4) is 0 Å². The molecule has 1 amide bonds. The van der Waals surface area contributed by atoms with Crippen molar-refractivity contribution in [3.05, 3.63) is 59.3 Å². The van der Waals surface area contributed by atoms with Crippen LogP contribution < -0.4 is 10.6 Å². The number of amides is 1. The van der Waals surface area contributed by atoms with E-state index in [0.29, 0.717) is 28.0 Å². The molecule has 0 aliphatic carbocycles. The average molecular weight is 439 g/mol. The van der Waals surface area contributed by atoms with Crippen LogP contribution in [0, 0.1) is 12.7 Å². The first kappa shape index (κ1) is 18.3. The SMILES string of the molecule is Cc1c(NC(=O)/C=C/CBr)cn2ncnc(Nc3ccc(F)c(Cl)c3)c12. The maximum Gasteiger partial charge on any atom is 0.248 e. The van der Waals surface area contributed by atoms with Crippen LogP contribution >= 0.6 is 27.5 Å². The van der Waals surface area contributed by atoms with Gasteiger partial charge in [0.05, 0.1) is 16.9 Å². The Morgan fingerprint density at radius 2 is 2.27 bits per heavy atom. The summed E-state index contributed by atoms with van der Waals surface area (Å²) >= 11 is 9.05. The second-order valence-electron chi connectivity index (χ2n) is 5.37. The first-order valence-electron chi connectivity index (χ1n) is 7.58. The Kier molecular flexibility index (Phi) is 5.53. The predicted molar refractivity (Wildman–Crippen MR) is 104 cm³/mol. The smallest absolute Gasteiger partial charge is 0.248 e. The number of carbonyl (C=O) groups excluding carboxylic acids is 1. The van der Waals surface area contributed by atoms with E-state index in [-0.39, 0.29) is 10.9 Å². The van der Waals surface area contributed by atoms with Crippen LogP contribution in [0.4, 0.5) is 21.6 Å². The first-order valence-corrected chi connectivity index (χ1v) is 9.08. The van der Waals surface area contributed by atoms with Crippen LogP contribution in [0.5, 0.6) is 0 Å². The van der Waals surface area contributed by atoms with Gasteiger partial charge in [-0.2, -0.15) is 5.10 Å². The standard InChI is InChI=1S/C17H14BrClFN5O/c1-10-14(24-15(26)3-2-6-18)8-25-16(10)17(21-9-22-25)23-11-4-5-13(20)12(19)7-11/h2-5,7-9H,6H2,1H3,(H,24,26)(H,21,22,23)/b3-2+. The molecule has 0 aliphatic heterocycles. The van der Waals surface area contributed by atoms with Gasteiger partial charge in [-0.15, -0.1) is 0 Å². The number of fused-ring (bicyclic) bond motifs is 1. The average Bonchev–Trinajstić information content (AvgIpc) is 2.93. The fourth-order valence-electron chi connectivity index (χ4n) is 2.41. The van der Waals surface area contributed by atoms with Crippen molar-refractivity contribution in [1.82, 2.24) is 14.6 Å². The molecule has 0 atom stereocenters. The summed E-state index contributed by atoms with van der Waals surface area (Å²) in [4.78, 5) is 16.2. The van der Waals surface area contributed by atoms with E-state index in [1.165, 1.54) is 24.5 Å². The van der Waals surface area contributed by atoms with E-state index in [1.54, 1.807) is 22.9 Å². The Hall–Kier alpha value is -2.45. The van der Waals surface area contributed by atoms with Gasteiger partial charge < -0.3 is 10.6 Å². The Balaban J connectivity index is 1.95. The summed E-state index contributed by atoms with van der Waals surface area (Å²) in [5, 5.41) is 10.7. The monoisotopic (exact) mass is 437 g/mol. The van der Waals surface area contributed by atoms with Crippen molar-refractivity contribution >= 4 is 56.1 Å². The number of carbonyl (C=O) groups is 1. The van der Waals surface area contributed by atoms with Crippen molar-refractivity contribution in [2.45, 2.75) is 6.92 Å². The van der Waals surface area contributed by atoms with Gasteiger partial charge in [0, 0.05) is 22.7 Å². The molecule has 0 saturated heterocycles. The molecule has 0 bridgehead atoms. The molecule has 0 aliphatic rings. The molecule has 0 saturated carbocycles. The number of nitrogens with one attached hydrogen (secondary N) is 2. The molecule has 0 radical (unpaired) electrons. The third-order valence-corrected chi connectivity index (χ3v) is 4.29. The zero-order chi connectivity index (χ0) is 18.7. The van der Waals surface area contributed by atoms with Crippen molar-refractivity contribution in [2.75, 3.05) is 16.0 Å².